The molecule has 0 aromatic carbocycles. The van der Waals surface area contributed by atoms with Gasteiger partial charge in [-0.05, 0) is 30.7 Å². The van der Waals surface area contributed by atoms with E-state index in [1.165, 1.54) is 0 Å². The second kappa shape index (κ2) is 5.32. The molecule has 0 saturated carbocycles. The lowest BCUT2D eigenvalue weighted by molar-refractivity contribution is -0.130. The van der Waals surface area contributed by atoms with Crippen LogP contribution in [0.1, 0.15) is 55.6 Å². The Kier molecular flexibility index (Phi) is 3.64. The Morgan fingerprint density at radius 1 is 1.24 bits per heavy atom. The molecule has 1 amide bonds. The summed E-state index contributed by atoms with van der Waals surface area (Å²) in [5.74, 6) is 0.488. The molecule has 0 bridgehead atoms. The molecule has 3 rings (SSSR count). The van der Waals surface area contributed by atoms with E-state index in [1.54, 1.807) is 0 Å². The van der Waals surface area contributed by atoms with Crippen molar-refractivity contribution in [3.63, 3.8) is 0 Å². The van der Waals surface area contributed by atoms with Gasteiger partial charge in [0.25, 0.3) is 0 Å². The smallest absolute Gasteiger partial charge is 0.224 e. The molecule has 1 aliphatic heterocycles. The lowest BCUT2D eigenvalue weighted by Gasteiger charge is -2.29. The van der Waals surface area contributed by atoms with Gasteiger partial charge >= 0.3 is 0 Å². The van der Waals surface area contributed by atoms with Gasteiger partial charge in [-0.2, -0.15) is 0 Å². The summed E-state index contributed by atoms with van der Waals surface area (Å²) in [5.41, 5.74) is 2.01. The van der Waals surface area contributed by atoms with E-state index in [-0.39, 0.29) is 17.1 Å². The molecule has 4 nitrogen and oxygen atoms in total. The molecule has 0 unspecified atom stereocenters. The van der Waals surface area contributed by atoms with Crippen molar-refractivity contribution in [3.05, 3.63) is 23.5 Å². The number of likely N-dealkylation sites (tertiary alicyclic amines) is 1. The molecular weight excluding hydrogens is 264 g/mol. The topological polar surface area (TPSA) is 42.3 Å². The van der Waals surface area contributed by atoms with E-state index in [4.69, 9.17) is 0 Å². The third-order valence-electron chi connectivity index (χ3n) is 4.69. The van der Waals surface area contributed by atoms with Crippen LogP contribution in [0.3, 0.4) is 0 Å². The number of fused-ring (bicyclic) bond motifs is 1. The van der Waals surface area contributed by atoms with Gasteiger partial charge < -0.3 is 9.47 Å². The van der Waals surface area contributed by atoms with Crippen LogP contribution in [0.15, 0.2) is 12.3 Å². The Hall–Kier alpha value is -1.58. The van der Waals surface area contributed by atoms with Crippen LogP contribution in [-0.2, 0) is 17.8 Å². The number of hydrogen-bond donors (Lipinski definition) is 0. The number of aryl methyl sites for hydroxylation is 1. The maximum Gasteiger partial charge on any atom is 0.224 e. The van der Waals surface area contributed by atoms with Crippen LogP contribution in [0.4, 0.5) is 0 Å². The fourth-order valence-corrected chi connectivity index (χ4v) is 3.55. The van der Waals surface area contributed by atoms with Gasteiger partial charge in [-0.15, -0.1) is 0 Å². The van der Waals surface area contributed by atoms with Crippen LogP contribution in [0, 0.1) is 5.41 Å². The van der Waals surface area contributed by atoms with Crippen LogP contribution in [0.2, 0.25) is 0 Å². The van der Waals surface area contributed by atoms with Gasteiger partial charge in [0, 0.05) is 49.9 Å². The summed E-state index contributed by atoms with van der Waals surface area (Å²) in [6.07, 6.45) is 6.31. The Balaban J connectivity index is 1.70. The molecule has 1 aromatic rings. The van der Waals surface area contributed by atoms with Crippen molar-refractivity contribution in [3.8, 4) is 0 Å². The lowest BCUT2D eigenvalue weighted by atomic mass is 9.76. The Morgan fingerprint density at radius 3 is 2.67 bits per heavy atom. The molecule has 2 aliphatic rings. The average molecular weight is 288 g/mol. The molecule has 0 atom stereocenters. The number of carbonyl (C=O) groups excluding carboxylic acids is 2. The van der Waals surface area contributed by atoms with Gasteiger partial charge in [0.15, 0.2) is 5.78 Å². The second-order valence-corrected chi connectivity index (χ2v) is 7.15. The Morgan fingerprint density at radius 2 is 1.95 bits per heavy atom. The molecule has 2 heterocycles. The molecule has 4 heteroatoms. The van der Waals surface area contributed by atoms with Crippen LogP contribution < -0.4 is 0 Å². The van der Waals surface area contributed by atoms with E-state index >= 15 is 0 Å². The highest BCUT2D eigenvalue weighted by atomic mass is 16.2. The van der Waals surface area contributed by atoms with Gasteiger partial charge in [-0.3, -0.25) is 9.59 Å². The second-order valence-electron chi connectivity index (χ2n) is 7.15. The Labute approximate surface area is 126 Å². The summed E-state index contributed by atoms with van der Waals surface area (Å²) in [7, 11) is 0. The fourth-order valence-electron chi connectivity index (χ4n) is 3.55. The highest BCUT2D eigenvalue weighted by Gasteiger charge is 2.33. The summed E-state index contributed by atoms with van der Waals surface area (Å²) < 4.78 is 2.11. The summed E-state index contributed by atoms with van der Waals surface area (Å²) in [6, 6.07) is 1.92. The monoisotopic (exact) mass is 288 g/mol. The minimum atomic E-state index is 0.0269. The number of amides is 1. The fraction of sp³-hybridized carbons (Fsp3) is 0.647. The zero-order valence-electron chi connectivity index (χ0n) is 13.0. The first-order valence-corrected chi connectivity index (χ1v) is 7.95. The summed E-state index contributed by atoms with van der Waals surface area (Å²) >= 11 is 0. The number of aromatic nitrogens is 1. The molecule has 1 fully saturated rings. The zero-order chi connectivity index (χ0) is 15.0. The van der Waals surface area contributed by atoms with Crippen LogP contribution in [-0.4, -0.2) is 34.2 Å². The zero-order valence-corrected chi connectivity index (χ0v) is 13.0. The maximum absolute atomic E-state index is 12.2. The number of Topliss-reactive ketones (excluding diaryl/α,β-unsaturated/α-hetero) is 1. The number of rotatable bonds is 3. The minimum Gasteiger partial charge on any atom is -0.350 e. The highest BCUT2D eigenvalue weighted by molar-refractivity contribution is 5.98. The van der Waals surface area contributed by atoms with E-state index in [0.717, 1.165) is 43.6 Å². The predicted octanol–water partition coefficient (Wildman–Crippen LogP) is 2.66. The van der Waals surface area contributed by atoms with Crippen LogP contribution in [0.25, 0.3) is 0 Å². The van der Waals surface area contributed by atoms with Crippen molar-refractivity contribution < 1.29 is 9.59 Å². The van der Waals surface area contributed by atoms with Crippen molar-refractivity contribution >= 4 is 11.7 Å². The highest BCUT2D eigenvalue weighted by Crippen LogP contribution is 2.35. The largest absolute Gasteiger partial charge is 0.350 e. The van der Waals surface area contributed by atoms with Gasteiger partial charge in [0.2, 0.25) is 5.91 Å². The van der Waals surface area contributed by atoms with Crippen molar-refractivity contribution in [2.45, 2.75) is 52.5 Å². The van der Waals surface area contributed by atoms with Crippen LogP contribution in [0.5, 0.6) is 0 Å². The molecule has 0 radical (unpaired) electrons. The summed E-state index contributed by atoms with van der Waals surface area (Å²) in [4.78, 5) is 26.3. The van der Waals surface area contributed by atoms with Crippen molar-refractivity contribution in [2.75, 3.05) is 13.1 Å². The molecule has 1 saturated heterocycles. The van der Waals surface area contributed by atoms with Gasteiger partial charge in [-0.1, -0.05) is 13.8 Å². The molecule has 0 spiro atoms. The SMILES string of the molecule is CC1(C)CC(=O)c2ccn(CCC(=O)N3CCCC3)c2C1. The van der Waals surface area contributed by atoms with E-state index in [1.807, 2.05) is 17.2 Å². The quantitative estimate of drug-likeness (QED) is 0.858. The van der Waals surface area contributed by atoms with Gasteiger partial charge in [0.1, 0.15) is 0 Å². The summed E-state index contributed by atoms with van der Waals surface area (Å²) in [6.45, 7) is 6.79. The van der Waals surface area contributed by atoms with E-state index in [2.05, 4.69) is 18.4 Å². The third kappa shape index (κ3) is 2.89. The van der Waals surface area contributed by atoms with E-state index in [9.17, 15) is 9.59 Å². The van der Waals surface area contributed by atoms with Crippen molar-refractivity contribution in [1.29, 1.82) is 0 Å². The van der Waals surface area contributed by atoms with Crippen molar-refractivity contribution in [1.82, 2.24) is 9.47 Å². The summed E-state index contributed by atoms with van der Waals surface area (Å²) in [5, 5.41) is 0. The molecular formula is C17H24N2O2. The molecule has 1 aromatic heterocycles. The molecule has 0 N–H and O–H groups in total. The molecule has 21 heavy (non-hydrogen) atoms. The first-order valence-electron chi connectivity index (χ1n) is 7.95. The van der Waals surface area contributed by atoms with Crippen molar-refractivity contribution in [2.24, 2.45) is 5.41 Å². The van der Waals surface area contributed by atoms with Gasteiger partial charge in [0.05, 0.1) is 0 Å². The third-order valence-corrected chi connectivity index (χ3v) is 4.69. The minimum absolute atomic E-state index is 0.0269. The number of nitrogens with zero attached hydrogens (tertiary/aromatic N) is 2. The molecule has 114 valence electrons. The van der Waals surface area contributed by atoms with Crippen LogP contribution >= 0.6 is 0 Å². The first-order chi connectivity index (χ1) is 9.96. The maximum atomic E-state index is 12.2. The average Bonchev–Trinajstić information content (AvgIpc) is 3.03. The first kappa shape index (κ1) is 14.4. The molecule has 1 aliphatic carbocycles. The van der Waals surface area contributed by atoms with E-state index in [0.29, 0.717) is 19.4 Å². The van der Waals surface area contributed by atoms with Gasteiger partial charge in [-0.25, -0.2) is 0 Å². The normalized spacial score (nSPS) is 20.7. The number of hydrogen-bond acceptors (Lipinski definition) is 2. The predicted molar refractivity (Wildman–Crippen MR) is 81.3 cm³/mol. The van der Waals surface area contributed by atoms with E-state index < -0.39 is 0 Å². The lowest BCUT2D eigenvalue weighted by Crippen LogP contribution is -2.30. The standard InChI is InChI=1S/C17H24N2O2/c1-17(2)11-14-13(15(20)12-17)5-9-18(14)10-6-16(21)19-7-3-4-8-19/h5,9H,3-4,6-8,10-12H2,1-2H3. The Bertz CT molecular complexity index is 565. The number of ketones is 1. The number of carbonyl (C=O) groups is 2.